The molecule has 7 nitrogen and oxygen atoms in total. The fourth-order valence-corrected chi connectivity index (χ4v) is 5.68. The molecule has 0 aliphatic heterocycles. The Morgan fingerprint density at radius 2 is 1.57 bits per heavy atom. The number of rotatable bonds is 14. The summed E-state index contributed by atoms with van der Waals surface area (Å²) in [6.45, 7) is 4.71. The van der Waals surface area contributed by atoms with Gasteiger partial charge in [0.05, 0.1) is 11.9 Å². The molecule has 0 aliphatic carbocycles. The summed E-state index contributed by atoms with van der Waals surface area (Å²) >= 11 is 6.09. The number of sulfonamides is 1. The van der Waals surface area contributed by atoms with E-state index < -0.39 is 16.1 Å². The molecule has 2 amide bonds. The summed E-state index contributed by atoms with van der Waals surface area (Å²) in [5, 5.41) is 3.55. The molecular weight excluding hydrogens is 546 g/mol. The minimum Gasteiger partial charge on any atom is -0.354 e. The number of para-hydroxylation sites is 1. The number of benzene rings is 3. The molecule has 9 heteroatoms. The lowest BCUT2D eigenvalue weighted by atomic mass is 10.0. The summed E-state index contributed by atoms with van der Waals surface area (Å²) in [6, 6.07) is 23.4. The van der Waals surface area contributed by atoms with Crippen molar-refractivity contribution in [3.8, 4) is 0 Å². The van der Waals surface area contributed by atoms with Crippen LogP contribution in [0.4, 0.5) is 5.69 Å². The molecule has 3 rings (SSSR count). The predicted octanol–water partition coefficient (Wildman–Crippen LogP) is 5.36. The smallest absolute Gasteiger partial charge is 0.243 e. The average Bonchev–Trinajstić information content (AvgIpc) is 2.93. The van der Waals surface area contributed by atoms with Crippen molar-refractivity contribution in [2.45, 2.75) is 52.1 Å². The van der Waals surface area contributed by atoms with Crippen molar-refractivity contribution in [3.63, 3.8) is 0 Å². The van der Waals surface area contributed by atoms with Gasteiger partial charge in [0, 0.05) is 37.5 Å². The lowest BCUT2D eigenvalue weighted by Gasteiger charge is -2.32. The van der Waals surface area contributed by atoms with Gasteiger partial charge in [0.2, 0.25) is 21.8 Å². The molecule has 3 aromatic rings. The molecule has 0 saturated heterocycles. The first-order valence-electron chi connectivity index (χ1n) is 13.5. The predicted molar refractivity (Wildman–Crippen MR) is 162 cm³/mol. The lowest BCUT2D eigenvalue weighted by Crippen LogP contribution is -2.50. The van der Waals surface area contributed by atoms with Crippen LogP contribution in [0.5, 0.6) is 0 Å². The maximum Gasteiger partial charge on any atom is 0.243 e. The quantitative estimate of drug-likeness (QED) is 0.277. The summed E-state index contributed by atoms with van der Waals surface area (Å²) in [5.74, 6) is -0.438. The molecule has 214 valence electrons. The third-order valence-corrected chi connectivity index (χ3v) is 8.05. The van der Waals surface area contributed by atoms with E-state index in [1.165, 1.54) is 10.6 Å². The highest BCUT2D eigenvalue weighted by Gasteiger charge is 2.30. The van der Waals surface area contributed by atoms with Crippen LogP contribution in [-0.2, 0) is 32.6 Å². The summed E-state index contributed by atoms with van der Waals surface area (Å²) in [7, 11) is -3.56. The number of nitrogens with zero attached hydrogens (tertiary/aromatic N) is 2. The summed E-state index contributed by atoms with van der Waals surface area (Å²) in [6.07, 6.45) is 2.68. The van der Waals surface area contributed by atoms with Gasteiger partial charge in [0.1, 0.15) is 6.04 Å². The average molecular weight is 584 g/mol. The van der Waals surface area contributed by atoms with Gasteiger partial charge in [-0.25, -0.2) is 8.42 Å². The molecule has 3 aromatic carbocycles. The largest absolute Gasteiger partial charge is 0.354 e. The van der Waals surface area contributed by atoms with Gasteiger partial charge in [-0.05, 0) is 54.7 Å². The van der Waals surface area contributed by atoms with Gasteiger partial charge in [0.15, 0.2) is 0 Å². The molecule has 40 heavy (non-hydrogen) atoms. The second kappa shape index (κ2) is 14.9. The summed E-state index contributed by atoms with van der Waals surface area (Å²) in [4.78, 5) is 28.8. The van der Waals surface area contributed by atoms with Crippen LogP contribution >= 0.6 is 11.6 Å². The number of hydrogen-bond acceptors (Lipinski definition) is 4. The molecule has 0 bridgehead atoms. The number of carbonyl (C=O) groups excluding carboxylic acids is 2. The van der Waals surface area contributed by atoms with Crippen LogP contribution in [0, 0.1) is 6.92 Å². The van der Waals surface area contributed by atoms with Crippen molar-refractivity contribution in [2.75, 3.05) is 23.7 Å². The molecule has 0 spiro atoms. The minimum absolute atomic E-state index is 0.0812. The van der Waals surface area contributed by atoms with Gasteiger partial charge in [0.25, 0.3) is 0 Å². The molecule has 0 heterocycles. The van der Waals surface area contributed by atoms with Crippen molar-refractivity contribution < 1.29 is 18.0 Å². The highest BCUT2D eigenvalue weighted by atomic mass is 35.5. The lowest BCUT2D eigenvalue weighted by molar-refractivity contribution is -0.141. The third kappa shape index (κ3) is 9.10. The van der Waals surface area contributed by atoms with Crippen molar-refractivity contribution in [1.29, 1.82) is 0 Å². The Morgan fingerprint density at radius 1 is 0.925 bits per heavy atom. The number of amides is 2. The van der Waals surface area contributed by atoms with Crippen LogP contribution in [0.2, 0.25) is 5.02 Å². The van der Waals surface area contributed by atoms with E-state index in [0.29, 0.717) is 30.1 Å². The van der Waals surface area contributed by atoms with E-state index >= 15 is 0 Å². The number of carbonyl (C=O) groups is 2. The summed E-state index contributed by atoms with van der Waals surface area (Å²) < 4.78 is 26.6. The third-order valence-electron chi connectivity index (χ3n) is 6.62. The van der Waals surface area contributed by atoms with Crippen LogP contribution < -0.4 is 9.62 Å². The van der Waals surface area contributed by atoms with Gasteiger partial charge < -0.3 is 10.2 Å². The zero-order chi connectivity index (χ0) is 29.1. The first-order valence-corrected chi connectivity index (χ1v) is 15.7. The maximum absolute atomic E-state index is 13.8. The SMILES string of the molecule is CCCNC(=O)C(Cc1ccccc1)N(Cc1ccc(Cl)cc1)C(=O)CCCN(c1ccccc1C)S(C)(=O)=O. The molecule has 1 atom stereocenters. The molecule has 0 aliphatic rings. The Labute approximate surface area is 243 Å². The Balaban J connectivity index is 1.87. The molecule has 0 aromatic heterocycles. The van der Waals surface area contributed by atoms with Gasteiger partial charge in [-0.1, -0.05) is 79.2 Å². The van der Waals surface area contributed by atoms with Crippen LogP contribution in [0.3, 0.4) is 0 Å². The standard InChI is InChI=1S/C31H38ClN3O4S/c1-4-20-33-31(37)29(22-25-12-6-5-7-13-25)34(23-26-16-18-27(32)19-17-26)30(36)15-10-21-35(40(3,38)39)28-14-9-8-11-24(28)2/h5-9,11-14,16-19,29H,4,10,15,20-23H2,1-3H3,(H,33,37). The normalized spacial score (nSPS) is 12.0. The molecule has 1 N–H and O–H groups in total. The van der Waals surface area contributed by atoms with Gasteiger partial charge in [-0.2, -0.15) is 0 Å². The van der Waals surface area contributed by atoms with E-state index in [1.807, 2.05) is 68.4 Å². The maximum atomic E-state index is 13.8. The van der Waals surface area contributed by atoms with E-state index in [4.69, 9.17) is 11.6 Å². The Bertz CT molecular complexity index is 1360. The monoisotopic (exact) mass is 583 g/mol. The summed E-state index contributed by atoms with van der Waals surface area (Å²) in [5.41, 5.74) is 3.21. The number of nitrogens with one attached hydrogen (secondary N) is 1. The molecular formula is C31H38ClN3O4S. The van der Waals surface area contributed by atoms with Gasteiger partial charge in [-0.15, -0.1) is 0 Å². The van der Waals surface area contributed by atoms with Crippen LogP contribution in [0.25, 0.3) is 0 Å². The number of aryl methyl sites for hydroxylation is 1. The molecule has 1 unspecified atom stereocenters. The highest BCUT2D eigenvalue weighted by molar-refractivity contribution is 7.92. The minimum atomic E-state index is -3.56. The Hall–Kier alpha value is -3.36. The first-order chi connectivity index (χ1) is 19.1. The highest BCUT2D eigenvalue weighted by Crippen LogP contribution is 2.23. The van der Waals surface area contributed by atoms with Gasteiger partial charge in [-0.3, -0.25) is 13.9 Å². The molecule has 0 saturated carbocycles. The number of halogens is 1. The van der Waals surface area contributed by atoms with Crippen LogP contribution in [0.1, 0.15) is 42.9 Å². The Morgan fingerprint density at radius 3 is 2.20 bits per heavy atom. The van der Waals surface area contributed by atoms with E-state index in [2.05, 4.69) is 5.32 Å². The van der Waals surface area contributed by atoms with Crippen LogP contribution in [0.15, 0.2) is 78.9 Å². The zero-order valence-electron chi connectivity index (χ0n) is 23.3. The Kier molecular flexibility index (Phi) is 11.6. The van der Waals surface area contributed by atoms with E-state index in [1.54, 1.807) is 29.2 Å². The van der Waals surface area contributed by atoms with E-state index in [9.17, 15) is 18.0 Å². The van der Waals surface area contributed by atoms with Crippen molar-refractivity contribution in [3.05, 3.63) is 101 Å². The van der Waals surface area contributed by atoms with Gasteiger partial charge >= 0.3 is 0 Å². The van der Waals surface area contributed by atoms with E-state index in [0.717, 1.165) is 23.1 Å². The first kappa shape index (κ1) is 31.2. The zero-order valence-corrected chi connectivity index (χ0v) is 24.9. The fraction of sp³-hybridized carbons (Fsp3) is 0.355. The number of anilines is 1. The van der Waals surface area contributed by atoms with E-state index in [-0.39, 0.29) is 31.3 Å². The molecule has 0 radical (unpaired) electrons. The van der Waals surface area contributed by atoms with Crippen LogP contribution in [-0.4, -0.2) is 50.5 Å². The number of hydrogen-bond donors (Lipinski definition) is 1. The topological polar surface area (TPSA) is 86.8 Å². The van der Waals surface area contributed by atoms with Crippen molar-refractivity contribution in [2.24, 2.45) is 0 Å². The van der Waals surface area contributed by atoms with Crippen molar-refractivity contribution >= 4 is 39.1 Å². The molecule has 0 fully saturated rings. The second-order valence-corrected chi connectivity index (χ2v) is 12.2. The van der Waals surface area contributed by atoms with Crippen molar-refractivity contribution in [1.82, 2.24) is 10.2 Å². The fourth-order valence-electron chi connectivity index (χ4n) is 4.53. The second-order valence-electron chi connectivity index (χ2n) is 9.87.